The fourth-order valence-corrected chi connectivity index (χ4v) is 4.25. The molecule has 0 unspecified atom stereocenters. The zero-order chi connectivity index (χ0) is 15.0. The summed E-state index contributed by atoms with van der Waals surface area (Å²) in [4.78, 5) is 8.94. The summed E-state index contributed by atoms with van der Waals surface area (Å²) in [5.74, 6) is 0.304. The van der Waals surface area contributed by atoms with Crippen molar-refractivity contribution in [2.75, 3.05) is 11.4 Å². The summed E-state index contributed by atoms with van der Waals surface area (Å²) < 4.78 is 26.5. The molecule has 2 heterocycles. The Morgan fingerprint density at radius 1 is 1.20 bits per heavy atom. The molecule has 0 N–H and O–H groups in total. The van der Waals surface area contributed by atoms with Crippen LogP contribution in [0, 0.1) is 0 Å². The zero-order valence-corrected chi connectivity index (χ0v) is 13.5. The second kappa shape index (κ2) is 5.14. The predicted molar refractivity (Wildman–Crippen MR) is 80.6 cm³/mol. The minimum absolute atomic E-state index is 0.0659. The molecule has 0 aromatic carbocycles. The molecule has 0 atom stereocenters. The third kappa shape index (κ3) is 2.83. The van der Waals surface area contributed by atoms with Crippen LogP contribution in [-0.2, 0) is 15.4 Å². The first-order chi connectivity index (χ1) is 9.23. The first-order valence-electron chi connectivity index (χ1n) is 6.08. The molecule has 0 saturated carbocycles. The Balaban J connectivity index is 2.38. The van der Waals surface area contributed by atoms with E-state index in [0.717, 1.165) is 9.18 Å². The summed E-state index contributed by atoms with van der Waals surface area (Å²) in [5.41, 5.74) is -0.0659. The van der Waals surface area contributed by atoms with E-state index >= 15 is 0 Å². The fourth-order valence-electron chi connectivity index (χ4n) is 1.57. The Morgan fingerprint density at radius 3 is 2.40 bits per heavy atom. The van der Waals surface area contributed by atoms with Crippen LogP contribution in [0.3, 0.4) is 0 Å². The van der Waals surface area contributed by atoms with Gasteiger partial charge in [-0.1, -0.05) is 20.8 Å². The highest BCUT2D eigenvalue weighted by atomic mass is 32.2. The molecule has 2 rings (SSSR count). The van der Waals surface area contributed by atoms with Gasteiger partial charge in [0.25, 0.3) is 10.0 Å². The van der Waals surface area contributed by atoms with Crippen LogP contribution >= 0.6 is 11.3 Å². The molecule has 0 spiro atoms. The van der Waals surface area contributed by atoms with Crippen LogP contribution in [0.25, 0.3) is 0 Å². The lowest BCUT2D eigenvalue weighted by molar-refractivity contribution is 0.596. The summed E-state index contributed by atoms with van der Waals surface area (Å²) in [7, 11) is -2.10. The van der Waals surface area contributed by atoms with Gasteiger partial charge in [-0.2, -0.15) is 0 Å². The summed E-state index contributed by atoms with van der Waals surface area (Å²) in [6.07, 6.45) is 4.40. The quantitative estimate of drug-likeness (QED) is 0.874. The molecule has 5 nitrogen and oxygen atoms in total. The summed E-state index contributed by atoms with van der Waals surface area (Å²) in [6, 6.07) is 3.51. The van der Waals surface area contributed by atoms with Gasteiger partial charge in [-0.15, -0.1) is 11.3 Å². The van der Waals surface area contributed by atoms with Gasteiger partial charge in [0.2, 0.25) is 0 Å². The van der Waals surface area contributed by atoms with Gasteiger partial charge in [-0.25, -0.2) is 13.4 Å². The van der Waals surface area contributed by atoms with Crippen LogP contribution in [0.2, 0.25) is 0 Å². The average molecular weight is 311 g/mol. The van der Waals surface area contributed by atoms with Gasteiger partial charge in [-0.05, 0) is 17.5 Å². The molecule has 0 radical (unpaired) electrons. The minimum Gasteiger partial charge on any atom is -0.259 e. The lowest BCUT2D eigenvalue weighted by Gasteiger charge is -2.17. The molecule has 108 valence electrons. The maximum Gasteiger partial charge on any atom is 0.274 e. The maximum atomic E-state index is 12.5. The number of thiophene rings is 1. The Hall–Kier alpha value is -1.47. The normalized spacial score (nSPS) is 12.4. The van der Waals surface area contributed by atoms with Crippen molar-refractivity contribution in [3.63, 3.8) is 0 Å². The molecular formula is C13H17N3O2S2. The number of sulfonamides is 1. The highest BCUT2D eigenvalue weighted by Gasteiger charge is 2.26. The van der Waals surface area contributed by atoms with Crippen molar-refractivity contribution in [3.8, 4) is 0 Å². The van der Waals surface area contributed by atoms with Gasteiger partial charge in [0.1, 0.15) is 4.21 Å². The van der Waals surface area contributed by atoms with Crippen molar-refractivity contribution in [1.29, 1.82) is 0 Å². The zero-order valence-electron chi connectivity index (χ0n) is 11.9. The third-order valence-corrected chi connectivity index (χ3v) is 6.55. The summed E-state index contributed by atoms with van der Waals surface area (Å²) >= 11 is 1.29. The van der Waals surface area contributed by atoms with Gasteiger partial charge in [0, 0.05) is 24.3 Å². The van der Waals surface area contributed by atoms with Gasteiger partial charge >= 0.3 is 0 Å². The number of hydrogen-bond acceptors (Lipinski definition) is 5. The van der Waals surface area contributed by atoms with Crippen molar-refractivity contribution in [3.05, 3.63) is 35.6 Å². The molecule has 0 bridgehead atoms. The monoisotopic (exact) mass is 311 g/mol. The molecule has 20 heavy (non-hydrogen) atoms. The van der Waals surface area contributed by atoms with Crippen molar-refractivity contribution >= 4 is 27.2 Å². The molecule has 2 aromatic rings. The van der Waals surface area contributed by atoms with Gasteiger partial charge in [-0.3, -0.25) is 9.29 Å². The SMILES string of the molecule is CN(c1cnccn1)S(=O)(=O)c1ccc(C(C)(C)C)s1. The molecule has 0 aliphatic heterocycles. The van der Waals surface area contributed by atoms with E-state index < -0.39 is 10.0 Å². The van der Waals surface area contributed by atoms with E-state index in [2.05, 4.69) is 30.7 Å². The van der Waals surface area contributed by atoms with Crippen molar-refractivity contribution < 1.29 is 8.42 Å². The maximum absolute atomic E-state index is 12.5. The van der Waals surface area contributed by atoms with Crippen LogP contribution in [0.4, 0.5) is 5.82 Å². The van der Waals surface area contributed by atoms with Crippen molar-refractivity contribution in [2.45, 2.75) is 30.4 Å². The van der Waals surface area contributed by atoms with E-state index in [1.807, 2.05) is 6.07 Å². The Labute approximate surface area is 123 Å². The second-order valence-electron chi connectivity index (χ2n) is 5.40. The van der Waals surface area contributed by atoms with E-state index in [4.69, 9.17) is 0 Å². The van der Waals surface area contributed by atoms with Gasteiger partial charge in [0.05, 0.1) is 6.20 Å². The van der Waals surface area contributed by atoms with Crippen LogP contribution in [0.1, 0.15) is 25.6 Å². The number of anilines is 1. The molecule has 0 saturated heterocycles. The van der Waals surface area contributed by atoms with E-state index in [1.54, 1.807) is 6.07 Å². The molecule has 0 aliphatic rings. The lowest BCUT2D eigenvalue weighted by Crippen LogP contribution is -2.26. The lowest BCUT2D eigenvalue weighted by atomic mass is 9.95. The van der Waals surface area contributed by atoms with E-state index in [0.29, 0.717) is 10.0 Å². The highest BCUT2D eigenvalue weighted by Crippen LogP contribution is 2.33. The number of rotatable bonds is 3. The van der Waals surface area contributed by atoms with Crippen LogP contribution in [0.5, 0.6) is 0 Å². The average Bonchev–Trinajstić information content (AvgIpc) is 2.89. The Kier molecular flexibility index (Phi) is 3.84. The predicted octanol–water partition coefficient (Wildman–Crippen LogP) is 2.66. The summed E-state index contributed by atoms with van der Waals surface area (Å²) in [6.45, 7) is 6.17. The van der Waals surface area contributed by atoms with Crippen LogP contribution in [0.15, 0.2) is 34.9 Å². The smallest absolute Gasteiger partial charge is 0.259 e. The van der Waals surface area contributed by atoms with E-state index in [1.165, 1.54) is 37.0 Å². The molecule has 0 amide bonds. The minimum atomic E-state index is -3.58. The standard InChI is InChI=1S/C13H17N3O2S2/c1-13(2,3)10-5-6-12(19-10)20(17,18)16(4)11-9-14-7-8-15-11/h5-9H,1-4H3. The number of nitrogens with zero attached hydrogens (tertiary/aromatic N) is 3. The molecule has 0 fully saturated rings. The molecule has 2 aromatic heterocycles. The van der Waals surface area contributed by atoms with E-state index in [-0.39, 0.29) is 5.41 Å². The van der Waals surface area contributed by atoms with E-state index in [9.17, 15) is 8.42 Å². The van der Waals surface area contributed by atoms with Crippen molar-refractivity contribution in [1.82, 2.24) is 9.97 Å². The van der Waals surface area contributed by atoms with Crippen LogP contribution in [-0.4, -0.2) is 25.4 Å². The van der Waals surface area contributed by atoms with Crippen molar-refractivity contribution in [2.24, 2.45) is 0 Å². The fraction of sp³-hybridized carbons (Fsp3) is 0.385. The third-order valence-electron chi connectivity index (χ3n) is 2.81. The number of aromatic nitrogens is 2. The van der Waals surface area contributed by atoms with Crippen LogP contribution < -0.4 is 4.31 Å². The summed E-state index contributed by atoms with van der Waals surface area (Å²) in [5, 5.41) is 0. The molecular weight excluding hydrogens is 294 g/mol. The molecule has 0 aliphatic carbocycles. The van der Waals surface area contributed by atoms with Gasteiger partial charge in [0.15, 0.2) is 5.82 Å². The second-order valence-corrected chi connectivity index (χ2v) is 8.68. The van der Waals surface area contributed by atoms with Gasteiger partial charge < -0.3 is 0 Å². The topological polar surface area (TPSA) is 63.2 Å². The number of hydrogen-bond donors (Lipinski definition) is 0. The highest BCUT2D eigenvalue weighted by molar-refractivity contribution is 7.94. The Morgan fingerprint density at radius 2 is 1.90 bits per heavy atom. The largest absolute Gasteiger partial charge is 0.274 e. The first-order valence-corrected chi connectivity index (χ1v) is 8.34. The Bertz CT molecular complexity index is 688. The molecule has 7 heteroatoms. The first kappa shape index (κ1) is 14.9.